The fourth-order valence-electron chi connectivity index (χ4n) is 5.32. The predicted octanol–water partition coefficient (Wildman–Crippen LogP) is 6.84. The smallest absolute Gasteiger partial charge is 0.269 e. The number of nitrogens with one attached hydrogen (secondary N) is 1. The third-order valence-corrected chi connectivity index (χ3v) is 7.51. The van der Waals surface area contributed by atoms with Gasteiger partial charge in [-0.25, -0.2) is 0 Å². The van der Waals surface area contributed by atoms with Crippen molar-refractivity contribution >= 4 is 5.69 Å². The lowest BCUT2D eigenvalue weighted by molar-refractivity contribution is -0.384. The topological polar surface area (TPSA) is 84.6 Å². The minimum atomic E-state index is -0.971. The number of benzene rings is 5. The molecule has 2 atom stereocenters. The number of nitro benzene ring substituents is 1. The van der Waals surface area contributed by atoms with Crippen LogP contribution < -0.4 is 5.32 Å². The molecule has 0 unspecified atom stereocenters. The molecule has 0 heterocycles. The van der Waals surface area contributed by atoms with E-state index in [-0.39, 0.29) is 12.3 Å². The number of non-ortho nitro benzene ring substituents is 1. The minimum absolute atomic E-state index is 0.0213. The van der Waals surface area contributed by atoms with Gasteiger partial charge in [-0.2, -0.15) is 0 Å². The zero-order valence-electron chi connectivity index (χ0n) is 23.3. The van der Waals surface area contributed by atoms with Crippen molar-refractivity contribution in [1.82, 2.24) is 5.32 Å². The Balaban J connectivity index is 1.50. The molecule has 0 amide bonds. The molecule has 6 heteroatoms. The molecular formula is C36H34N2O4. The quantitative estimate of drug-likeness (QED) is 0.0939. The summed E-state index contributed by atoms with van der Waals surface area (Å²) in [5, 5.41) is 26.3. The summed E-state index contributed by atoms with van der Waals surface area (Å²) < 4.78 is 7.03. The largest absolute Gasteiger partial charge is 0.387 e. The Labute approximate surface area is 246 Å². The summed E-state index contributed by atoms with van der Waals surface area (Å²) in [5.74, 6) is 0. The van der Waals surface area contributed by atoms with Crippen LogP contribution in [0.3, 0.4) is 0 Å². The van der Waals surface area contributed by atoms with Gasteiger partial charge in [0.15, 0.2) is 0 Å². The third kappa shape index (κ3) is 6.64. The van der Waals surface area contributed by atoms with Crippen LogP contribution in [0.2, 0.25) is 0 Å². The molecule has 212 valence electrons. The van der Waals surface area contributed by atoms with E-state index in [1.54, 1.807) is 12.1 Å². The highest BCUT2D eigenvalue weighted by atomic mass is 16.6. The highest BCUT2D eigenvalue weighted by Gasteiger charge is 2.39. The fraction of sp³-hybridized carbons (Fsp3) is 0.167. The Kier molecular flexibility index (Phi) is 9.51. The van der Waals surface area contributed by atoms with Crippen LogP contribution in [0.25, 0.3) is 0 Å². The van der Waals surface area contributed by atoms with Crippen LogP contribution in [0, 0.1) is 10.1 Å². The summed E-state index contributed by atoms with van der Waals surface area (Å²) in [5.41, 5.74) is 3.69. The second kappa shape index (κ2) is 13.8. The maximum Gasteiger partial charge on any atom is 0.269 e. The van der Waals surface area contributed by atoms with Gasteiger partial charge in [0.1, 0.15) is 5.60 Å². The standard InChI is InChI=1S/C36H34N2O4/c39-35(29-21-23-33(24-22-29)38(40)41)34(37-26-25-28-13-5-1-6-14-28)27-42-36(30-15-7-2-8-16-30,31-17-9-3-10-18-31)32-19-11-4-12-20-32/h1-24,34-35,37,39H,25-27H2/t34-,35-/m0/s1. The third-order valence-electron chi connectivity index (χ3n) is 7.51. The van der Waals surface area contributed by atoms with Crippen LogP contribution in [0.1, 0.15) is 33.9 Å². The monoisotopic (exact) mass is 558 g/mol. The van der Waals surface area contributed by atoms with Crippen molar-refractivity contribution in [3.8, 4) is 0 Å². The van der Waals surface area contributed by atoms with Crippen LogP contribution in [0.5, 0.6) is 0 Å². The molecule has 0 aliphatic heterocycles. The Hall–Kier alpha value is -4.62. The molecule has 2 N–H and O–H groups in total. The van der Waals surface area contributed by atoms with Crippen LogP contribution in [-0.4, -0.2) is 29.2 Å². The van der Waals surface area contributed by atoms with E-state index < -0.39 is 22.7 Å². The lowest BCUT2D eigenvalue weighted by Gasteiger charge is -2.38. The first kappa shape index (κ1) is 28.9. The number of nitrogens with zero attached hydrogens (tertiary/aromatic N) is 1. The van der Waals surface area contributed by atoms with Gasteiger partial charge in [0.25, 0.3) is 5.69 Å². The second-order valence-corrected chi connectivity index (χ2v) is 10.2. The number of hydrogen-bond donors (Lipinski definition) is 2. The number of hydrogen-bond acceptors (Lipinski definition) is 5. The Morgan fingerprint density at radius 1 is 0.690 bits per heavy atom. The molecule has 42 heavy (non-hydrogen) atoms. The summed E-state index contributed by atoms with van der Waals surface area (Å²) in [4.78, 5) is 10.8. The van der Waals surface area contributed by atoms with Gasteiger partial charge in [0.05, 0.1) is 23.7 Å². The van der Waals surface area contributed by atoms with Gasteiger partial charge in [-0.05, 0) is 52.9 Å². The molecule has 0 spiro atoms. The van der Waals surface area contributed by atoms with Gasteiger partial charge < -0.3 is 15.2 Å². The first-order valence-corrected chi connectivity index (χ1v) is 14.1. The van der Waals surface area contributed by atoms with Crippen molar-refractivity contribution < 1.29 is 14.8 Å². The molecule has 6 nitrogen and oxygen atoms in total. The van der Waals surface area contributed by atoms with Gasteiger partial charge in [-0.3, -0.25) is 10.1 Å². The van der Waals surface area contributed by atoms with E-state index in [0.717, 1.165) is 23.1 Å². The van der Waals surface area contributed by atoms with Crippen molar-refractivity contribution in [2.75, 3.05) is 13.2 Å². The molecule has 0 saturated heterocycles. The summed E-state index contributed by atoms with van der Waals surface area (Å²) >= 11 is 0. The average Bonchev–Trinajstić information content (AvgIpc) is 3.06. The van der Waals surface area contributed by atoms with Gasteiger partial charge in [0.2, 0.25) is 0 Å². The molecule has 5 rings (SSSR count). The number of ether oxygens (including phenoxy) is 1. The Morgan fingerprint density at radius 3 is 1.60 bits per heavy atom. The zero-order valence-corrected chi connectivity index (χ0v) is 23.3. The van der Waals surface area contributed by atoms with E-state index in [9.17, 15) is 15.2 Å². The SMILES string of the molecule is O=[N+]([O-])c1ccc([C@H](O)[C@H](COC(c2ccccc2)(c2ccccc2)c2ccccc2)NCCc2ccccc2)cc1. The van der Waals surface area contributed by atoms with Crippen molar-refractivity contribution in [2.45, 2.75) is 24.2 Å². The molecule has 0 aliphatic carbocycles. The van der Waals surface area contributed by atoms with Crippen molar-refractivity contribution in [3.63, 3.8) is 0 Å². The molecule has 5 aromatic carbocycles. The number of aliphatic hydroxyl groups is 1. The molecule has 0 aromatic heterocycles. The van der Waals surface area contributed by atoms with Gasteiger partial charge in [0, 0.05) is 12.1 Å². The maximum atomic E-state index is 11.6. The van der Waals surface area contributed by atoms with Gasteiger partial charge >= 0.3 is 0 Å². The first-order chi connectivity index (χ1) is 20.6. The van der Waals surface area contributed by atoms with Crippen LogP contribution >= 0.6 is 0 Å². The van der Waals surface area contributed by atoms with Crippen molar-refractivity contribution in [3.05, 3.63) is 184 Å². The maximum absolute atomic E-state index is 11.6. The van der Waals surface area contributed by atoms with E-state index in [1.807, 2.05) is 72.8 Å². The van der Waals surface area contributed by atoms with E-state index in [2.05, 4.69) is 53.8 Å². The van der Waals surface area contributed by atoms with Crippen LogP contribution in [-0.2, 0) is 16.8 Å². The number of nitro groups is 1. The normalized spacial score (nSPS) is 12.9. The summed E-state index contributed by atoms with van der Waals surface area (Å²) in [6.45, 7) is 0.767. The number of rotatable bonds is 13. The van der Waals surface area contributed by atoms with Crippen molar-refractivity contribution in [1.29, 1.82) is 0 Å². The van der Waals surface area contributed by atoms with E-state index in [4.69, 9.17) is 4.74 Å². The summed E-state index contributed by atoms with van der Waals surface area (Å²) in [7, 11) is 0. The highest BCUT2D eigenvalue weighted by Crippen LogP contribution is 2.41. The minimum Gasteiger partial charge on any atom is -0.387 e. The molecule has 0 radical (unpaired) electrons. The lowest BCUT2D eigenvalue weighted by Crippen LogP contribution is -2.44. The highest BCUT2D eigenvalue weighted by molar-refractivity contribution is 5.47. The van der Waals surface area contributed by atoms with E-state index in [0.29, 0.717) is 12.1 Å². The predicted molar refractivity (Wildman–Crippen MR) is 165 cm³/mol. The molecule has 0 bridgehead atoms. The average molecular weight is 559 g/mol. The Bertz CT molecular complexity index is 1430. The van der Waals surface area contributed by atoms with Crippen LogP contribution in [0.4, 0.5) is 5.69 Å². The molecule has 0 saturated carbocycles. The molecule has 0 fully saturated rings. The summed E-state index contributed by atoms with van der Waals surface area (Å²) in [6.07, 6.45) is -0.201. The van der Waals surface area contributed by atoms with E-state index in [1.165, 1.54) is 17.7 Å². The second-order valence-electron chi connectivity index (χ2n) is 10.2. The van der Waals surface area contributed by atoms with Crippen molar-refractivity contribution in [2.24, 2.45) is 0 Å². The first-order valence-electron chi connectivity index (χ1n) is 14.1. The zero-order chi connectivity index (χ0) is 29.2. The van der Waals surface area contributed by atoms with Crippen LogP contribution in [0.15, 0.2) is 146 Å². The lowest BCUT2D eigenvalue weighted by atomic mass is 9.80. The number of aliphatic hydroxyl groups excluding tert-OH is 1. The van der Waals surface area contributed by atoms with Gasteiger partial charge in [-0.15, -0.1) is 0 Å². The fourth-order valence-corrected chi connectivity index (χ4v) is 5.32. The molecule has 5 aromatic rings. The summed E-state index contributed by atoms with van der Waals surface area (Å²) in [6, 6.07) is 46.0. The van der Waals surface area contributed by atoms with Gasteiger partial charge in [-0.1, -0.05) is 121 Å². The molecule has 0 aliphatic rings. The Morgan fingerprint density at radius 2 is 1.14 bits per heavy atom. The molecular weight excluding hydrogens is 524 g/mol. The van der Waals surface area contributed by atoms with E-state index >= 15 is 0 Å².